The molecule has 0 spiro atoms. The molecule has 0 saturated carbocycles. The van der Waals surface area contributed by atoms with Crippen LogP contribution in [0.4, 0.5) is 15.9 Å². The van der Waals surface area contributed by atoms with E-state index in [4.69, 9.17) is 9.47 Å². The molecule has 0 saturated heterocycles. The van der Waals surface area contributed by atoms with Gasteiger partial charge in [-0.25, -0.2) is 9.07 Å². The van der Waals surface area contributed by atoms with Crippen molar-refractivity contribution < 1.29 is 23.5 Å². The molecule has 0 radical (unpaired) electrons. The first-order valence-electron chi connectivity index (χ1n) is 9.17. The van der Waals surface area contributed by atoms with Gasteiger partial charge in [-0.3, -0.25) is 9.59 Å². The Bertz CT molecular complexity index is 1130. The number of aromatic nitrogens is 2. The third-order valence-corrected chi connectivity index (χ3v) is 4.86. The lowest BCUT2D eigenvalue weighted by atomic mass is 10.1. The van der Waals surface area contributed by atoms with Crippen molar-refractivity contribution in [2.24, 2.45) is 0 Å². The van der Waals surface area contributed by atoms with Crippen molar-refractivity contribution in [1.82, 2.24) is 9.78 Å². The molecule has 8 nitrogen and oxygen atoms in total. The smallest absolute Gasteiger partial charge is 0.249 e. The Morgan fingerprint density at radius 3 is 2.70 bits per heavy atom. The van der Waals surface area contributed by atoms with Gasteiger partial charge >= 0.3 is 0 Å². The highest BCUT2D eigenvalue weighted by molar-refractivity contribution is 6.03. The fourth-order valence-electron chi connectivity index (χ4n) is 3.37. The molecule has 2 N–H and O–H groups in total. The van der Waals surface area contributed by atoms with Crippen molar-refractivity contribution in [3.05, 3.63) is 54.5 Å². The fourth-order valence-corrected chi connectivity index (χ4v) is 3.37. The number of para-hydroxylation sites is 1. The molecule has 154 valence electrons. The Labute approximate surface area is 171 Å². The molecular formula is C21H19FN4O4. The van der Waals surface area contributed by atoms with Crippen LogP contribution in [0.5, 0.6) is 11.5 Å². The van der Waals surface area contributed by atoms with E-state index >= 15 is 0 Å². The van der Waals surface area contributed by atoms with Gasteiger partial charge < -0.3 is 20.1 Å². The maximum Gasteiger partial charge on any atom is 0.249 e. The number of hydrogen-bond donors (Lipinski definition) is 2. The van der Waals surface area contributed by atoms with Crippen molar-refractivity contribution >= 4 is 23.3 Å². The van der Waals surface area contributed by atoms with Crippen molar-refractivity contribution in [3.63, 3.8) is 0 Å². The van der Waals surface area contributed by atoms with E-state index in [9.17, 15) is 14.0 Å². The predicted molar refractivity (Wildman–Crippen MR) is 108 cm³/mol. The summed E-state index contributed by atoms with van der Waals surface area (Å²) >= 11 is 0. The van der Waals surface area contributed by atoms with E-state index in [1.807, 2.05) is 0 Å². The lowest BCUT2D eigenvalue weighted by Gasteiger charge is -2.24. The number of carbonyl (C=O) groups is 2. The fraction of sp³-hybridized carbons (Fsp3) is 0.190. The van der Waals surface area contributed by atoms with Crippen LogP contribution in [0, 0.1) is 5.82 Å². The summed E-state index contributed by atoms with van der Waals surface area (Å²) in [5.74, 6) is 0.0425. The largest absolute Gasteiger partial charge is 0.493 e. The monoisotopic (exact) mass is 410 g/mol. The molecule has 0 bridgehead atoms. The summed E-state index contributed by atoms with van der Waals surface area (Å²) in [4.78, 5) is 25.1. The number of hydrogen-bond acceptors (Lipinski definition) is 5. The number of benzene rings is 2. The second-order valence-electron chi connectivity index (χ2n) is 6.66. The van der Waals surface area contributed by atoms with E-state index in [1.165, 1.54) is 37.1 Å². The minimum Gasteiger partial charge on any atom is -0.493 e. The number of nitrogens with one attached hydrogen (secondary N) is 2. The number of amides is 2. The molecule has 0 aliphatic carbocycles. The van der Waals surface area contributed by atoms with Gasteiger partial charge in [-0.2, -0.15) is 5.10 Å². The highest BCUT2D eigenvalue weighted by atomic mass is 19.1. The van der Waals surface area contributed by atoms with Gasteiger partial charge in [0.15, 0.2) is 11.5 Å². The molecule has 1 aliphatic heterocycles. The summed E-state index contributed by atoms with van der Waals surface area (Å²) in [6.07, 6.45) is 1.45. The molecule has 2 heterocycles. The van der Waals surface area contributed by atoms with Crippen LogP contribution >= 0.6 is 0 Å². The predicted octanol–water partition coefficient (Wildman–Crippen LogP) is 3.23. The van der Waals surface area contributed by atoms with Crippen molar-refractivity contribution in [3.8, 4) is 22.6 Å². The summed E-state index contributed by atoms with van der Waals surface area (Å²) in [6, 6.07) is 10.2. The number of nitrogens with zero attached hydrogens (tertiary/aromatic N) is 2. The van der Waals surface area contributed by atoms with E-state index in [0.29, 0.717) is 22.9 Å². The Kier molecular flexibility index (Phi) is 5.09. The SMILES string of the molecule is COc1ccc(-c2cnn3c2NC(=O)C[C@H]3C(=O)Nc2ccccc2F)cc1OC. The first-order valence-corrected chi connectivity index (χ1v) is 9.17. The summed E-state index contributed by atoms with van der Waals surface area (Å²) in [5.41, 5.74) is 1.39. The summed E-state index contributed by atoms with van der Waals surface area (Å²) in [5, 5.41) is 9.61. The summed E-state index contributed by atoms with van der Waals surface area (Å²) < 4.78 is 25.9. The molecule has 1 aliphatic rings. The third kappa shape index (κ3) is 3.45. The lowest BCUT2D eigenvalue weighted by Crippen LogP contribution is -2.36. The van der Waals surface area contributed by atoms with Crippen LogP contribution in [0.15, 0.2) is 48.7 Å². The number of anilines is 2. The number of carbonyl (C=O) groups excluding carboxylic acids is 2. The zero-order valence-corrected chi connectivity index (χ0v) is 16.3. The molecule has 0 fully saturated rings. The van der Waals surface area contributed by atoms with Crippen LogP contribution < -0.4 is 20.1 Å². The molecule has 9 heteroatoms. The molecular weight excluding hydrogens is 391 g/mol. The van der Waals surface area contributed by atoms with Crippen LogP contribution in [-0.2, 0) is 9.59 Å². The molecule has 3 aromatic rings. The number of ether oxygens (including phenoxy) is 2. The topological polar surface area (TPSA) is 94.5 Å². The van der Waals surface area contributed by atoms with Gasteiger partial charge in [0.1, 0.15) is 17.7 Å². The van der Waals surface area contributed by atoms with Gasteiger partial charge in [0.2, 0.25) is 11.8 Å². The molecule has 1 aromatic heterocycles. The van der Waals surface area contributed by atoms with Crippen molar-refractivity contribution in [1.29, 1.82) is 0 Å². The summed E-state index contributed by atoms with van der Waals surface area (Å²) in [7, 11) is 3.07. The average Bonchev–Trinajstić information content (AvgIpc) is 3.17. The van der Waals surface area contributed by atoms with E-state index < -0.39 is 17.8 Å². The quantitative estimate of drug-likeness (QED) is 0.674. The normalized spacial score (nSPS) is 15.2. The minimum absolute atomic E-state index is 0.0438. The van der Waals surface area contributed by atoms with Crippen LogP contribution in [0.3, 0.4) is 0 Å². The maximum atomic E-state index is 13.9. The highest BCUT2D eigenvalue weighted by Crippen LogP contribution is 2.38. The van der Waals surface area contributed by atoms with Gasteiger partial charge in [0, 0.05) is 5.56 Å². The number of methoxy groups -OCH3 is 2. The molecule has 4 rings (SSSR count). The van der Waals surface area contributed by atoms with Crippen LogP contribution in [0.25, 0.3) is 11.1 Å². The second-order valence-corrected chi connectivity index (χ2v) is 6.66. The number of rotatable bonds is 5. The number of halogens is 1. The minimum atomic E-state index is -0.915. The molecule has 30 heavy (non-hydrogen) atoms. The highest BCUT2D eigenvalue weighted by Gasteiger charge is 2.33. The van der Waals surface area contributed by atoms with Crippen molar-refractivity contribution in [2.45, 2.75) is 12.5 Å². The van der Waals surface area contributed by atoms with Crippen molar-refractivity contribution in [2.75, 3.05) is 24.9 Å². The van der Waals surface area contributed by atoms with E-state index in [2.05, 4.69) is 15.7 Å². The first kappa shape index (κ1) is 19.4. The Hall–Kier alpha value is -3.88. The van der Waals surface area contributed by atoms with Gasteiger partial charge in [-0.05, 0) is 29.8 Å². The Balaban J connectivity index is 1.69. The van der Waals surface area contributed by atoms with Crippen LogP contribution in [0.2, 0.25) is 0 Å². The molecule has 0 unspecified atom stereocenters. The third-order valence-electron chi connectivity index (χ3n) is 4.86. The van der Waals surface area contributed by atoms with Crippen LogP contribution in [-0.4, -0.2) is 35.8 Å². The maximum absolute atomic E-state index is 13.9. The molecule has 2 aromatic carbocycles. The van der Waals surface area contributed by atoms with E-state index in [0.717, 1.165) is 5.56 Å². The zero-order chi connectivity index (χ0) is 21.3. The Morgan fingerprint density at radius 2 is 1.97 bits per heavy atom. The first-order chi connectivity index (χ1) is 14.5. The van der Waals surface area contributed by atoms with Gasteiger partial charge in [0.05, 0.1) is 32.5 Å². The molecule has 1 atom stereocenters. The second kappa shape index (κ2) is 7.86. The van der Waals surface area contributed by atoms with Gasteiger partial charge in [-0.15, -0.1) is 0 Å². The average molecular weight is 410 g/mol. The number of fused-ring (bicyclic) bond motifs is 1. The standard InChI is InChI=1S/C21H19FN4O4/c1-29-17-8-7-12(9-18(17)30-2)13-11-23-26-16(10-19(27)25-20(13)26)21(28)24-15-6-4-3-5-14(15)22/h3-9,11,16H,10H2,1-2H3,(H,24,28)(H,25,27)/t16-/m0/s1. The van der Waals surface area contributed by atoms with Gasteiger partial charge in [-0.1, -0.05) is 18.2 Å². The van der Waals surface area contributed by atoms with E-state index in [-0.39, 0.29) is 18.0 Å². The zero-order valence-electron chi connectivity index (χ0n) is 16.3. The van der Waals surface area contributed by atoms with E-state index in [1.54, 1.807) is 30.5 Å². The van der Waals surface area contributed by atoms with Gasteiger partial charge in [0.25, 0.3) is 0 Å². The lowest BCUT2D eigenvalue weighted by molar-refractivity contribution is -0.125. The Morgan fingerprint density at radius 1 is 1.20 bits per heavy atom. The van der Waals surface area contributed by atoms with Crippen LogP contribution in [0.1, 0.15) is 12.5 Å². The molecule has 2 amide bonds. The summed E-state index contributed by atoms with van der Waals surface area (Å²) in [6.45, 7) is 0.